The van der Waals surface area contributed by atoms with Crippen LogP contribution in [0.5, 0.6) is 11.5 Å². The molecule has 0 aliphatic carbocycles. The second kappa shape index (κ2) is 9.37. The normalized spacial score (nSPS) is 29.0. The Hall–Kier alpha value is -2.94. The lowest BCUT2D eigenvalue weighted by Crippen LogP contribution is -2.61. The summed E-state index contributed by atoms with van der Waals surface area (Å²) in [5.74, 6) is 1.87. The number of piperazine rings is 1. The van der Waals surface area contributed by atoms with Crippen molar-refractivity contribution in [2.75, 3.05) is 44.2 Å². The molecule has 4 fully saturated rings. The van der Waals surface area contributed by atoms with Crippen molar-refractivity contribution in [2.45, 2.75) is 44.7 Å². The van der Waals surface area contributed by atoms with Crippen LogP contribution in [0.1, 0.15) is 33.1 Å². The Kier molecular flexibility index (Phi) is 6.29. The first-order chi connectivity index (χ1) is 16.4. The Morgan fingerprint density at radius 1 is 1.06 bits per heavy atom. The van der Waals surface area contributed by atoms with E-state index in [4.69, 9.17) is 4.74 Å². The maximum absolute atomic E-state index is 13.2. The molecule has 4 aliphatic rings. The van der Waals surface area contributed by atoms with E-state index in [1.807, 2.05) is 4.90 Å². The van der Waals surface area contributed by atoms with Gasteiger partial charge in [0.25, 0.3) is 0 Å². The van der Waals surface area contributed by atoms with Crippen LogP contribution >= 0.6 is 0 Å². The van der Waals surface area contributed by atoms with E-state index in [1.165, 1.54) is 25.0 Å². The molecule has 9 heteroatoms. The number of carbonyl (C=O) groups is 1. The highest BCUT2D eigenvalue weighted by Gasteiger charge is 2.42. The molecule has 6 rings (SSSR count). The molecule has 0 spiro atoms. The second-order valence-electron chi connectivity index (χ2n) is 9.98. The zero-order valence-corrected chi connectivity index (χ0v) is 19.9. The molecule has 4 saturated heterocycles. The Bertz CT molecular complexity index is 995. The standard InChI is InChI=1S/C25H33FN6O2/c1-18-17-31(24(33)29-25(2)9-12-30-10-7-19(25)8-11-30)13-14-32(18)23-27-15-22(16-28-23)34-21-5-3-20(26)4-6-21/h3-6,15-16,18-19H,7-14,17H2,1-2H3,(H,29,33)/t18-,25?/m1/s1. The lowest BCUT2D eigenvalue weighted by molar-refractivity contribution is 0.148. The fraction of sp³-hybridized carbons (Fsp3) is 0.560. The highest BCUT2D eigenvalue weighted by atomic mass is 19.1. The molecule has 8 nitrogen and oxygen atoms in total. The van der Waals surface area contributed by atoms with Crippen molar-refractivity contribution >= 4 is 12.0 Å². The number of anilines is 1. The summed E-state index contributed by atoms with van der Waals surface area (Å²) < 4.78 is 18.8. The van der Waals surface area contributed by atoms with E-state index in [0.717, 1.165) is 26.1 Å². The third-order valence-corrected chi connectivity index (χ3v) is 7.66. The van der Waals surface area contributed by atoms with Crippen LogP contribution in [0, 0.1) is 11.7 Å². The Labute approximate surface area is 200 Å². The quantitative estimate of drug-likeness (QED) is 0.741. The van der Waals surface area contributed by atoms with Crippen LogP contribution in [-0.4, -0.2) is 76.6 Å². The second-order valence-corrected chi connectivity index (χ2v) is 9.98. The number of piperidine rings is 1. The molecule has 4 aliphatic heterocycles. The van der Waals surface area contributed by atoms with Gasteiger partial charge in [0.1, 0.15) is 11.6 Å². The van der Waals surface area contributed by atoms with E-state index in [1.54, 1.807) is 24.5 Å². The lowest BCUT2D eigenvalue weighted by Gasteiger charge is -2.43. The van der Waals surface area contributed by atoms with Crippen molar-refractivity contribution in [1.29, 1.82) is 0 Å². The number of fused-ring (bicyclic) bond motifs is 4. The van der Waals surface area contributed by atoms with Gasteiger partial charge in [0, 0.05) is 37.8 Å². The topological polar surface area (TPSA) is 73.8 Å². The zero-order valence-electron chi connectivity index (χ0n) is 19.9. The third-order valence-electron chi connectivity index (χ3n) is 7.66. The molecule has 1 aromatic carbocycles. The van der Waals surface area contributed by atoms with Gasteiger partial charge in [-0.3, -0.25) is 0 Å². The summed E-state index contributed by atoms with van der Waals surface area (Å²) in [6.07, 6.45) is 6.59. The van der Waals surface area contributed by atoms with Crippen LogP contribution in [0.4, 0.5) is 15.1 Å². The molecular formula is C25H33FN6O2. The predicted molar refractivity (Wildman–Crippen MR) is 128 cm³/mol. The van der Waals surface area contributed by atoms with Gasteiger partial charge in [-0.1, -0.05) is 0 Å². The number of hydrogen-bond donors (Lipinski definition) is 1. The van der Waals surface area contributed by atoms with Gasteiger partial charge in [-0.2, -0.15) is 0 Å². The largest absolute Gasteiger partial charge is 0.454 e. The summed E-state index contributed by atoms with van der Waals surface area (Å²) in [6.45, 7) is 9.60. The number of halogens is 1. The first kappa shape index (κ1) is 22.8. The molecule has 1 aromatic heterocycles. The lowest BCUT2D eigenvalue weighted by atomic mass is 9.79. The minimum Gasteiger partial charge on any atom is -0.454 e. The van der Waals surface area contributed by atoms with Crippen molar-refractivity contribution in [3.8, 4) is 11.5 Å². The number of aromatic nitrogens is 2. The average molecular weight is 469 g/mol. The number of rotatable bonds is 4. The first-order valence-corrected chi connectivity index (χ1v) is 12.2. The van der Waals surface area contributed by atoms with Crippen molar-refractivity contribution < 1.29 is 13.9 Å². The number of amides is 2. The molecule has 2 aromatic rings. The van der Waals surface area contributed by atoms with Crippen LogP contribution < -0.4 is 15.0 Å². The molecular weight excluding hydrogens is 435 g/mol. The fourth-order valence-corrected chi connectivity index (χ4v) is 5.46. The third kappa shape index (κ3) is 4.80. The SMILES string of the molecule is C[C@@H]1CN(C(=O)NC2(C)CCN3CCC2CC3)CCN1c1ncc(Oc2ccc(F)cc2)cn1. The van der Waals surface area contributed by atoms with E-state index in [9.17, 15) is 9.18 Å². The monoisotopic (exact) mass is 468 g/mol. The number of ether oxygens (including phenoxy) is 1. The number of benzene rings is 1. The van der Waals surface area contributed by atoms with Gasteiger partial charge in [-0.25, -0.2) is 19.2 Å². The molecule has 5 heterocycles. The molecule has 2 amide bonds. The molecule has 182 valence electrons. The van der Waals surface area contributed by atoms with Crippen LogP contribution in [0.25, 0.3) is 0 Å². The van der Waals surface area contributed by atoms with Gasteiger partial charge < -0.3 is 24.8 Å². The van der Waals surface area contributed by atoms with E-state index in [-0.39, 0.29) is 23.4 Å². The first-order valence-electron chi connectivity index (χ1n) is 12.2. The van der Waals surface area contributed by atoms with Gasteiger partial charge in [0.2, 0.25) is 5.95 Å². The van der Waals surface area contributed by atoms with Gasteiger partial charge in [-0.15, -0.1) is 0 Å². The smallest absolute Gasteiger partial charge is 0.317 e. The number of nitrogens with zero attached hydrogens (tertiary/aromatic N) is 5. The molecule has 0 saturated carbocycles. The number of nitrogens with one attached hydrogen (secondary N) is 1. The van der Waals surface area contributed by atoms with E-state index < -0.39 is 0 Å². The van der Waals surface area contributed by atoms with Crippen molar-refractivity contribution in [2.24, 2.45) is 5.92 Å². The molecule has 1 N–H and O–H groups in total. The summed E-state index contributed by atoms with van der Waals surface area (Å²) in [7, 11) is 0. The van der Waals surface area contributed by atoms with Crippen LogP contribution in [0.15, 0.2) is 36.7 Å². The number of carbonyl (C=O) groups excluding carboxylic acids is 1. The molecule has 2 atom stereocenters. The molecule has 1 unspecified atom stereocenters. The van der Waals surface area contributed by atoms with Gasteiger partial charge in [-0.05, 0) is 76.4 Å². The Morgan fingerprint density at radius 2 is 1.76 bits per heavy atom. The van der Waals surface area contributed by atoms with Gasteiger partial charge in [0.05, 0.1) is 12.4 Å². The minimum absolute atomic E-state index is 0.0401. The molecule has 2 bridgehead atoms. The summed E-state index contributed by atoms with van der Waals surface area (Å²) >= 11 is 0. The Morgan fingerprint density at radius 3 is 2.44 bits per heavy atom. The van der Waals surface area contributed by atoms with Gasteiger partial charge in [0.15, 0.2) is 5.75 Å². The average Bonchev–Trinajstić information content (AvgIpc) is 3.09. The summed E-state index contributed by atoms with van der Waals surface area (Å²) in [4.78, 5) is 28.7. The maximum Gasteiger partial charge on any atom is 0.317 e. The molecule has 34 heavy (non-hydrogen) atoms. The highest BCUT2D eigenvalue weighted by Crippen LogP contribution is 2.35. The van der Waals surface area contributed by atoms with Crippen LogP contribution in [0.3, 0.4) is 0 Å². The highest BCUT2D eigenvalue weighted by molar-refractivity contribution is 5.75. The maximum atomic E-state index is 13.2. The predicted octanol–water partition coefficient (Wildman–Crippen LogP) is 3.50. The number of hydrogen-bond acceptors (Lipinski definition) is 6. The fourth-order valence-electron chi connectivity index (χ4n) is 5.46. The summed E-state index contributed by atoms with van der Waals surface area (Å²) in [5, 5.41) is 3.41. The van der Waals surface area contributed by atoms with Crippen molar-refractivity contribution in [1.82, 2.24) is 25.1 Å². The van der Waals surface area contributed by atoms with Crippen LogP contribution in [-0.2, 0) is 0 Å². The van der Waals surface area contributed by atoms with Crippen LogP contribution in [0.2, 0.25) is 0 Å². The summed E-state index contributed by atoms with van der Waals surface area (Å²) in [6, 6.07) is 5.95. The Balaban J connectivity index is 1.17. The molecule has 0 radical (unpaired) electrons. The van der Waals surface area contributed by atoms with E-state index >= 15 is 0 Å². The van der Waals surface area contributed by atoms with Crippen molar-refractivity contribution in [3.05, 3.63) is 42.5 Å². The van der Waals surface area contributed by atoms with Gasteiger partial charge >= 0.3 is 6.03 Å². The zero-order chi connectivity index (χ0) is 23.7. The van der Waals surface area contributed by atoms with E-state index in [2.05, 4.69) is 38.9 Å². The number of urea groups is 1. The summed E-state index contributed by atoms with van der Waals surface area (Å²) in [5.41, 5.74) is -0.133. The minimum atomic E-state index is -0.311. The van der Waals surface area contributed by atoms with Crippen molar-refractivity contribution in [3.63, 3.8) is 0 Å². The van der Waals surface area contributed by atoms with E-state index in [0.29, 0.717) is 43.0 Å².